The second kappa shape index (κ2) is 5.17. The summed E-state index contributed by atoms with van der Waals surface area (Å²) in [7, 11) is 0. The van der Waals surface area contributed by atoms with Gasteiger partial charge in [-0.25, -0.2) is 4.98 Å². The molecular weight excluding hydrogens is 224 g/mol. The highest BCUT2D eigenvalue weighted by atomic mass is 16.1. The van der Waals surface area contributed by atoms with E-state index >= 15 is 0 Å². The van der Waals surface area contributed by atoms with Gasteiger partial charge in [0.2, 0.25) is 0 Å². The minimum Gasteiger partial charge on any atom is -0.330 e. The number of benzene rings is 1. The van der Waals surface area contributed by atoms with Crippen molar-refractivity contribution in [3.05, 3.63) is 53.1 Å². The van der Waals surface area contributed by atoms with Gasteiger partial charge in [0.1, 0.15) is 11.5 Å². The minimum absolute atomic E-state index is 0.0207. The molecule has 1 aromatic heterocycles. The van der Waals surface area contributed by atoms with Crippen LogP contribution in [-0.4, -0.2) is 15.3 Å². The van der Waals surface area contributed by atoms with E-state index in [0.29, 0.717) is 5.69 Å². The fourth-order valence-electron chi connectivity index (χ4n) is 1.93. The van der Waals surface area contributed by atoms with Crippen molar-refractivity contribution in [2.75, 3.05) is 0 Å². The van der Waals surface area contributed by atoms with E-state index in [4.69, 9.17) is 0 Å². The van der Waals surface area contributed by atoms with E-state index in [2.05, 4.69) is 47.7 Å². The highest BCUT2D eigenvalue weighted by molar-refractivity contribution is 5.91. The smallest absolute Gasteiger partial charge is 0.179 e. The van der Waals surface area contributed by atoms with Crippen LogP contribution in [0.25, 0.3) is 0 Å². The molecule has 0 radical (unpaired) electrons. The zero-order chi connectivity index (χ0) is 13.1. The summed E-state index contributed by atoms with van der Waals surface area (Å²) in [5, 5.41) is 0. The number of aromatic nitrogens is 2. The van der Waals surface area contributed by atoms with E-state index in [0.717, 1.165) is 18.8 Å². The molecule has 0 aliphatic carbocycles. The maximum atomic E-state index is 11.3. The Balaban J connectivity index is 2.27. The molecule has 0 fully saturated rings. The first-order chi connectivity index (χ1) is 8.60. The SMILES string of the molecule is CCc1nc(C(C)=O)cn1Cc1ccc(C)cc1. The largest absolute Gasteiger partial charge is 0.330 e. The van der Waals surface area contributed by atoms with Crippen molar-refractivity contribution < 1.29 is 4.79 Å². The Morgan fingerprint density at radius 1 is 1.28 bits per heavy atom. The number of ketones is 1. The molecule has 0 saturated carbocycles. The number of hydrogen-bond acceptors (Lipinski definition) is 2. The normalized spacial score (nSPS) is 10.6. The van der Waals surface area contributed by atoms with E-state index in [1.807, 2.05) is 6.20 Å². The van der Waals surface area contributed by atoms with Crippen LogP contribution in [-0.2, 0) is 13.0 Å². The molecule has 94 valence electrons. The summed E-state index contributed by atoms with van der Waals surface area (Å²) in [5.41, 5.74) is 3.03. The Bertz CT molecular complexity index is 552. The zero-order valence-electron chi connectivity index (χ0n) is 11.1. The van der Waals surface area contributed by atoms with Gasteiger partial charge < -0.3 is 4.57 Å². The van der Waals surface area contributed by atoms with Crippen molar-refractivity contribution in [3.63, 3.8) is 0 Å². The first kappa shape index (κ1) is 12.6. The Morgan fingerprint density at radius 3 is 2.50 bits per heavy atom. The van der Waals surface area contributed by atoms with Crippen LogP contribution in [0.2, 0.25) is 0 Å². The maximum Gasteiger partial charge on any atom is 0.179 e. The molecule has 0 bridgehead atoms. The Labute approximate surface area is 107 Å². The van der Waals surface area contributed by atoms with Crippen LogP contribution in [0.5, 0.6) is 0 Å². The van der Waals surface area contributed by atoms with Crippen molar-refractivity contribution in [2.24, 2.45) is 0 Å². The number of rotatable bonds is 4. The van der Waals surface area contributed by atoms with E-state index in [-0.39, 0.29) is 5.78 Å². The van der Waals surface area contributed by atoms with Crippen LogP contribution in [0.3, 0.4) is 0 Å². The molecule has 3 heteroatoms. The highest BCUT2D eigenvalue weighted by Gasteiger charge is 2.09. The van der Waals surface area contributed by atoms with Gasteiger partial charge in [0, 0.05) is 26.1 Å². The van der Waals surface area contributed by atoms with Gasteiger partial charge in [-0.3, -0.25) is 4.79 Å². The summed E-state index contributed by atoms with van der Waals surface area (Å²) < 4.78 is 2.06. The summed E-state index contributed by atoms with van der Waals surface area (Å²) in [4.78, 5) is 15.7. The lowest BCUT2D eigenvalue weighted by Crippen LogP contribution is -2.03. The number of hydrogen-bond donors (Lipinski definition) is 0. The third-order valence-corrected chi connectivity index (χ3v) is 3.01. The summed E-state index contributed by atoms with van der Waals surface area (Å²) in [6, 6.07) is 8.43. The number of Topliss-reactive ketones (excluding diaryl/α,β-unsaturated/α-hetero) is 1. The summed E-state index contributed by atoms with van der Waals surface area (Å²) >= 11 is 0. The maximum absolute atomic E-state index is 11.3. The van der Waals surface area contributed by atoms with Gasteiger partial charge >= 0.3 is 0 Å². The van der Waals surface area contributed by atoms with Crippen molar-refractivity contribution in [2.45, 2.75) is 33.7 Å². The van der Waals surface area contributed by atoms with Gasteiger partial charge in [-0.1, -0.05) is 36.8 Å². The number of nitrogens with zero attached hydrogens (tertiary/aromatic N) is 2. The summed E-state index contributed by atoms with van der Waals surface area (Å²) in [6.45, 7) is 6.45. The van der Waals surface area contributed by atoms with E-state index in [1.165, 1.54) is 11.1 Å². The van der Waals surface area contributed by atoms with Gasteiger partial charge in [0.15, 0.2) is 5.78 Å². The molecule has 1 aromatic carbocycles. The van der Waals surface area contributed by atoms with Crippen LogP contribution in [0.15, 0.2) is 30.5 Å². The molecule has 0 aliphatic rings. The van der Waals surface area contributed by atoms with Crippen molar-refractivity contribution in [3.8, 4) is 0 Å². The molecule has 0 N–H and O–H groups in total. The van der Waals surface area contributed by atoms with Gasteiger partial charge in [0.05, 0.1) is 0 Å². The second-order valence-corrected chi connectivity index (χ2v) is 4.57. The zero-order valence-corrected chi connectivity index (χ0v) is 11.1. The molecule has 0 amide bonds. The lowest BCUT2D eigenvalue weighted by atomic mass is 10.1. The predicted octanol–water partition coefficient (Wildman–Crippen LogP) is 3.00. The lowest BCUT2D eigenvalue weighted by molar-refractivity contribution is 0.101. The molecule has 0 spiro atoms. The predicted molar refractivity (Wildman–Crippen MR) is 71.9 cm³/mol. The first-order valence-corrected chi connectivity index (χ1v) is 6.22. The van der Waals surface area contributed by atoms with Crippen LogP contribution < -0.4 is 0 Å². The number of aryl methyl sites for hydroxylation is 2. The third kappa shape index (κ3) is 2.67. The first-order valence-electron chi connectivity index (χ1n) is 6.22. The molecule has 18 heavy (non-hydrogen) atoms. The molecule has 0 unspecified atom stereocenters. The van der Waals surface area contributed by atoms with Gasteiger partial charge in [-0.05, 0) is 12.5 Å². The molecule has 3 nitrogen and oxygen atoms in total. The molecule has 0 atom stereocenters. The molecule has 2 rings (SSSR count). The van der Waals surface area contributed by atoms with E-state index in [9.17, 15) is 4.79 Å². The monoisotopic (exact) mass is 242 g/mol. The lowest BCUT2D eigenvalue weighted by Gasteiger charge is -2.06. The molecule has 2 aromatic rings. The highest BCUT2D eigenvalue weighted by Crippen LogP contribution is 2.10. The second-order valence-electron chi connectivity index (χ2n) is 4.57. The van der Waals surface area contributed by atoms with Gasteiger partial charge in [0.25, 0.3) is 0 Å². The minimum atomic E-state index is 0.0207. The quantitative estimate of drug-likeness (QED) is 0.772. The molecule has 0 aliphatic heterocycles. The van der Waals surface area contributed by atoms with Crippen molar-refractivity contribution in [1.29, 1.82) is 0 Å². The fourth-order valence-corrected chi connectivity index (χ4v) is 1.93. The topological polar surface area (TPSA) is 34.9 Å². The average Bonchev–Trinajstić information content (AvgIpc) is 2.75. The van der Waals surface area contributed by atoms with E-state index < -0.39 is 0 Å². The van der Waals surface area contributed by atoms with Crippen LogP contribution in [0.4, 0.5) is 0 Å². The van der Waals surface area contributed by atoms with Crippen molar-refractivity contribution in [1.82, 2.24) is 9.55 Å². The molecule has 1 heterocycles. The summed E-state index contributed by atoms with van der Waals surface area (Å²) in [5.74, 6) is 0.980. The van der Waals surface area contributed by atoms with Crippen LogP contribution in [0, 0.1) is 6.92 Å². The fraction of sp³-hybridized carbons (Fsp3) is 0.333. The Kier molecular flexibility index (Phi) is 3.60. The Hall–Kier alpha value is -1.90. The van der Waals surface area contributed by atoms with E-state index in [1.54, 1.807) is 6.92 Å². The van der Waals surface area contributed by atoms with Gasteiger partial charge in [-0.2, -0.15) is 0 Å². The third-order valence-electron chi connectivity index (χ3n) is 3.01. The molecule has 0 saturated heterocycles. The van der Waals surface area contributed by atoms with Crippen LogP contribution in [0.1, 0.15) is 41.3 Å². The molecular formula is C15H18N2O. The standard InChI is InChI=1S/C15H18N2O/c1-4-15-16-14(12(3)18)10-17(15)9-13-7-5-11(2)6-8-13/h5-8,10H,4,9H2,1-3H3. The number of carbonyl (C=O) groups is 1. The van der Waals surface area contributed by atoms with Crippen molar-refractivity contribution >= 4 is 5.78 Å². The Morgan fingerprint density at radius 2 is 1.94 bits per heavy atom. The summed E-state index contributed by atoms with van der Waals surface area (Å²) in [6.07, 6.45) is 2.68. The van der Waals surface area contributed by atoms with Crippen LogP contribution >= 0.6 is 0 Å². The average molecular weight is 242 g/mol. The number of carbonyl (C=O) groups excluding carboxylic acids is 1. The number of imidazole rings is 1. The van der Waals surface area contributed by atoms with Gasteiger partial charge in [-0.15, -0.1) is 0 Å².